The molecule has 0 spiro atoms. The molecule has 97 valence electrons. The third-order valence-electron chi connectivity index (χ3n) is 2.68. The molecule has 1 radical (unpaired) electrons. The van der Waals surface area contributed by atoms with Gasteiger partial charge in [-0.2, -0.15) is 0 Å². The molecule has 2 rings (SSSR count). The number of pyridine rings is 1. The van der Waals surface area contributed by atoms with Crippen LogP contribution in [0.4, 0.5) is 4.39 Å². The molecule has 0 aliphatic heterocycles. The van der Waals surface area contributed by atoms with E-state index < -0.39 is 0 Å². The fourth-order valence-electron chi connectivity index (χ4n) is 1.61. The van der Waals surface area contributed by atoms with Gasteiger partial charge in [-0.1, -0.05) is 26.8 Å². The zero-order valence-electron chi connectivity index (χ0n) is 10.6. The van der Waals surface area contributed by atoms with Gasteiger partial charge in [0.05, 0.1) is 0 Å². The zero-order chi connectivity index (χ0) is 12.5. The summed E-state index contributed by atoms with van der Waals surface area (Å²) in [5, 5.41) is 0. The van der Waals surface area contributed by atoms with Crippen molar-refractivity contribution in [2.24, 2.45) is 0 Å². The van der Waals surface area contributed by atoms with Crippen LogP contribution in [0.2, 0.25) is 0 Å². The maximum absolute atomic E-state index is 12.8. The molecule has 0 N–H and O–H groups in total. The van der Waals surface area contributed by atoms with Gasteiger partial charge in [0.1, 0.15) is 0 Å². The van der Waals surface area contributed by atoms with Gasteiger partial charge in [0.25, 0.3) is 0 Å². The number of rotatable bonds is 1. The van der Waals surface area contributed by atoms with Crippen molar-refractivity contribution in [1.82, 2.24) is 4.98 Å². The van der Waals surface area contributed by atoms with E-state index >= 15 is 0 Å². The molecular weight excluding hydrogens is 405 g/mol. The summed E-state index contributed by atoms with van der Waals surface area (Å²) in [6, 6.07) is 11.4. The molecule has 0 bridgehead atoms. The quantitative estimate of drug-likeness (QED) is 0.636. The van der Waals surface area contributed by atoms with E-state index in [2.05, 4.69) is 31.8 Å². The Kier molecular flexibility index (Phi) is 4.77. The summed E-state index contributed by atoms with van der Waals surface area (Å²) in [6.07, 6.45) is 1.78. The largest absolute Gasteiger partial charge is 0.305 e. The number of nitrogens with zero attached hydrogens (tertiary/aromatic N) is 1. The van der Waals surface area contributed by atoms with Crippen LogP contribution in [0.15, 0.2) is 36.5 Å². The first-order valence-electron chi connectivity index (χ1n) is 5.61. The van der Waals surface area contributed by atoms with E-state index in [0.717, 1.165) is 11.3 Å². The molecule has 0 unspecified atom stereocenters. The van der Waals surface area contributed by atoms with Crippen molar-refractivity contribution in [3.63, 3.8) is 0 Å². The van der Waals surface area contributed by atoms with Gasteiger partial charge in [0.15, 0.2) is 0 Å². The minimum absolute atomic E-state index is 0. The summed E-state index contributed by atoms with van der Waals surface area (Å²) in [5.41, 5.74) is 2.94. The Balaban J connectivity index is 0.00000162. The molecule has 1 heterocycles. The summed E-state index contributed by atoms with van der Waals surface area (Å²) in [4.78, 5) is 4.30. The minimum Gasteiger partial charge on any atom is -0.305 e. The van der Waals surface area contributed by atoms with Gasteiger partial charge in [-0.3, -0.25) is 4.39 Å². The Bertz CT molecular complexity index is 515. The van der Waals surface area contributed by atoms with Crippen LogP contribution in [-0.4, -0.2) is 4.98 Å². The number of aromatic nitrogens is 1. The summed E-state index contributed by atoms with van der Waals surface area (Å²) in [6.45, 7) is 6.46. The second-order valence-electron chi connectivity index (χ2n) is 5.10. The molecule has 0 fully saturated rings. The Hall–Kier alpha value is -1.05. The van der Waals surface area contributed by atoms with Gasteiger partial charge in [0.2, 0.25) is 0 Å². The Morgan fingerprint density at radius 1 is 1.17 bits per heavy atom. The second kappa shape index (κ2) is 5.73. The van der Waals surface area contributed by atoms with Crippen LogP contribution in [0.5, 0.6) is 0 Å². The molecule has 2 aromatic rings. The van der Waals surface area contributed by atoms with E-state index in [1.165, 1.54) is 17.7 Å². The zero-order valence-corrected chi connectivity index (χ0v) is 13.0. The Labute approximate surface area is 121 Å². The van der Waals surface area contributed by atoms with Crippen LogP contribution in [0.1, 0.15) is 26.3 Å². The maximum atomic E-state index is 12.8. The molecule has 0 amide bonds. The number of hydrogen-bond donors (Lipinski definition) is 0. The van der Waals surface area contributed by atoms with Gasteiger partial charge in [-0.25, -0.2) is 0 Å². The first kappa shape index (κ1) is 15.0. The van der Waals surface area contributed by atoms with Crippen LogP contribution in [-0.2, 0) is 25.5 Å². The van der Waals surface area contributed by atoms with Crippen molar-refractivity contribution in [3.8, 4) is 11.3 Å². The van der Waals surface area contributed by atoms with Gasteiger partial charge >= 0.3 is 0 Å². The number of halogens is 1. The van der Waals surface area contributed by atoms with E-state index in [1.807, 2.05) is 12.1 Å². The van der Waals surface area contributed by atoms with Crippen molar-refractivity contribution in [2.75, 3.05) is 0 Å². The molecule has 18 heavy (non-hydrogen) atoms. The molecule has 0 saturated heterocycles. The molecule has 0 aliphatic rings. The fourth-order valence-corrected chi connectivity index (χ4v) is 1.61. The smallest absolute Gasteiger partial charge is 0.0379 e. The minimum atomic E-state index is -0.277. The molecule has 0 atom stereocenters. The molecule has 1 aromatic carbocycles. The van der Waals surface area contributed by atoms with Crippen molar-refractivity contribution in [2.45, 2.75) is 26.2 Å². The summed E-state index contributed by atoms with van der Waals surface area (Å²) >= 11 is 0. The van der Waals surface area contributed by atoms with Crippen molar-refractivity contribution in [3.05, 3.63) is 54.0 Å². The van der Waals surface area contributed by atoms with Crippen molar-refractivity contribution < 1.29 is 24.5 Å². The normalized spacial score (nSPS) is 10.9. The number of hydrogen-bond acceptors (Lipinski definition) is 1. The first-order chi connectivity index (χ1) is 7.97. The first-order valence-corrected chi connectivity index (χ1v) is 5.61. The summed E-state index contributed by atoms with van der Waals surface area (Å²) in [7, 11) is 0. The van der Waals surface area contributed by atoms with Gasteiger partial charge in [-0.15, -0.1) is 29.8 Å². The molecule has 0 saturated carbocycles. The summed E-state index contributed by atoms with van der Waals surface area (Å²) in [5.74, 6) is -0.277. The molecule has 1 nitrogen and oxygen atoms in total. The Morgan fingerprint density at radius 2 is 1.89 bits per heavy atom. The predicted octanol–water partition coefficient (Wildman–Crippen LogP) is 3.98. The van der Waals surface area contributed by atoms with E-state index in [9.17, 15) is 4.39 Å². The van der Waals surface area contributed by atoms with Gasteiger partial charge in [-0.05, 0) is 22.7 Å². The third kappa shape index (κ3) is 3.47. The van der Waals surface area contributed by atoms with Crippen LogP contribution in [0.3, 0.4) is 0 Å². The average molecular weight is 421 g/mol. The second-order valence-corrected chi connectivity index (χ2v) is 5.10. The van der Waals surface area contributed by atoms with Crippen LogP contribution >= 0.6 is 0 Å². The molecule has 3 heteroatoms. The maximum Gasteiger partial charge on any atom is 0.0379 e. The molecule has 1 aromatic heterocycles. The summed E-state index contributed by atoms with van der Waals surface area (Å²) < 4.78 is 12.8. The third-order valence-corrected chi connectivity index (χ3v) is 2.68. The van der Waals surface area contributed by atoms with E-state index in [0.29, 0.717) is 0 Å². The Morgan fingerprint density at radius 3 is 2.44 bits per heavy atom. The van der Waals surface area contributed by atoms with Crippen molar-refractivity contribution in [1.29, 1.82) is 0 Å². The SMILES string of the molecule is CC(C)(C)c1ccnc(-c2[c-]cc(F)cc2)c1.[Ir]. The van der Waals surface area contributed by atoms with E-state index in [1.54, 1.807) is 12.3 Å². The van der Waals surface area contributed by atoms with E-state index in [4.69, 9.17) is 0 Å². The average Bonchev–Trinajstić information content (AvgIpc) is 2.29. The van der Waals surface area contributed by atoms with Crippen LogP contribution in [0.25, 0.3) is 11.3 Å². The monoisotopic (exact) mass is 421 g/mol. The van der Waals surface area contributed by atoms with Crippen LogP contribution in [0, 0.1) is 11.9 Å². The fraction of sp³-hybridized carbons (Fsp3) is 0.267. The standard InChI is InChI=1S/C15H15FN.Ir/c1-15(2,3)12-8-9-17-14(10-12)11-4-6-13(16)7-5-11;/h4,6-10H,1-3H3;/q-1;. The molecule has 0 aliphatic carbocycles. The molecular formula is C15H15FIrN-. The van der Waals surface area contributed by atoms with Crippen LogP contribution < -0.4 is 0 Å². The number of benzene rings is 1. The van der Waals surface area contributed by atoms with Gasteiger partial charge < -0.3 is 4.98 Å². The predicted molar refractivity (Wildman–Crippen MR) is 67.2 cm³/mol. The topological polar surface area (TPSA) is 12.9 Å². The van der Waals surface area contributed by atoms with Crippen molar-refractivity contribution >= 4 is 0 Å². The van der Waals surface area contributed by atoms with Gasteiger partial charge in [0, 0.05) is 32.1 Å². The van der Waals surface area contributed by atoms with E-state index in [-0.39, 0.29) is 31.3 Å².